The SMILES string of the molecule is CC(C)c1cccc(C#N)c1C1(C)CC1. The van der Waals surface area contributed by atoms with Crippen molar-refractivity contribution in [3.63, 3.8) is 0 Å². The Labute approximate surface area is 91.7 Å². The number of nitriles is 1. The summed E-state index contributed by atoms with van der Waals surface area (Å²) in [4.78, 5) is 0. The first-order chi connectivity index (χ1) is 7.08. The van der Waals surface area contributed by atoms with Crippen molar-refractivity contribution in [2.24, 2.45) is 0 Å². The third-order valence-corrected chi connectivity index (χ3v) is 3.44. The molecule has 1 nitrogen and oxygen atoms in total. The highest BCUT2D eigenvalue weighted by atomic mass is 14.5. The lowest BCUT2D eigenvalue weighted by atomic mass is 9.84. The second-order valence-electron chi connectivity index (χ2n) is 5.10. The molecule has 1 heteroatoms. The fourth-order valence-corrected chi connectivity index (χ4v) is 2.26. The van der Waals surface area contributed by atoms with Crippen molar-refractivity contribution in [3.8, 4) is 6.07 Å². The molecule has 1 aliphatic carbocycles. The molecule has 0 heterocycles. The molecule has 0 saturated heterocycles. The van der Waals surface area contributed by atoms with E-state index in [1.807, 2.05) is 12.1 Å². The molecule has 0 unspecified atom stereocenters. The van der Waals surface area contributed by atoms with E-state index in [0.29, 0.717) is 5.92 Å². The van der Waals surface area contributed by atoms with Gasteiger partial charge in [0.15, 0.2) is 0 Å². The van der Waals surface area contributed by atoms with Crippen LogP contribution in [0, 0.1) is 11.3 Å². The molecule has 0 atom stereocenters. The van der Waals surface area contributed by atoms with Gasteiger partial charge in [-0.1, -0.05) is 32.9 Å². The van der Waals surface area contributed by atoms with Crippen molar-refractivity contribution in [1.82, 2.24) is 0 Å². The van der Waals surface area contributed by atoms with Gasteiger partial charge in [0.25, 0.3) is 0 Å². The Morgan fingerprint density at radius 1 is 1.33 bits per heavy atom. The summed E-state index contributed by atoms with van der Waals surface area (Å²) in [6, 6.07) is 8.46. The summed E-state index contributed by atoms with van der Waals surface area (Å²) in [5.74, 6) is 0.505. The van der Waals surface area contributed by atoms with E-state index in [4.69, 9.17) is 5.26 Å². The average Bonchev–Trinajstić information content (AvgIpc) is 2.96. The molecule has 0 aliphatic heterocycles. The normalized spacial score (nSPS) is 17.5. The standard InChI is InChI=1S/C14H17N/c1-10(2)12-6-4-5-11(9-15)13(12)14(3)7-8-14/h4-6,10H,7-8H2,1-3H3. The topological polar surface area (TPSA) is 23.8 Å². The maximum absolute atomic E-state index is 9.17. The van der Waals surface area contributed by atoms with Crippen molar-refractivity contribution < 1.29 is 0 Å². The van der Waals surface area contributed by atoms with E-state index >= 15 is 0 Å². The van der Waals surface area contributed by atoms with Crippen LogP contribution in [0.1, 0.15) is 56.2 Å². The molecule has 78 valence electrons. The summed E-state index contributed by atoms with van der Waals surface area (Å²) in [7, 11) is 0. The van der Waals surface area contributed by atoms with E-state index < -0.39 is 0 Å². The molecule has 1 saturated carbocycles. The molecule has 0 radical (unpaired) electrons. The molecule has 2 rings (SSSR count). The largest absolute Gasteiger partial charge is 0.192 e. The van der Waals surface area contributed by atoms with Gasteiger partial charge in [0.2, 0.25) is 0 Å². The van der Waals surface area contributed by atoms with Crippen LogP contribution in [0.4, 0.5) is 0 Å². The van der Waals surface area contributed by atoms with E-state index in [1.165, 1.54) is 24.0 Å². The van der Waals surface area contributed by atoms with E-state index in [-0.39, 0.29) is 5.41 Å². The maximum atomic E-state index is 9.17. The first-order valence-electron chi connectivity index (χ1n) is 5.62. The van der Waals surface area contributed by atoms with Gasteiger partial charge in [0, 0.05) is 0 Å². The first-order valence-corrected chi connectivity index (χ1v) is 5.62. The number of hydrogen-bond donors (Lipinski definition) is 0. The summed E-state index contributed by atoms with van der Waals surface area (Å²) >= 11 is 0. The Hall–Kier alpha value is -1.29. The fraction of sp³-hybridized carbons (Fsp3) is 0.500. The zero-order valence-corrected chi connectivity index (χ0v) is 9.67. The summed E-state index contributed by atoms with van der Waals surface area (Å²) in [6.07, 6.45) is 2.46. The highest BCUT2D eigenvalue weighted by Gasteiger charge is 2.42. The predicted octanol–water partition coefficient (Wildman–Crippen LogP) is 3.73. The predicted molar refractivity (Wildman–Crippen MR) is 61.8 cm³/mol. The molecule has 1 aromatic carbocycles. The quantitative estimate of drug-likeness (QED) is 0.712. The van der Waals surface area contributed by atoms with Crippen LogP contribution < -0.4 is 0 Å². The number of rotatable bonds is 2. The Morgan fingerprint density at radius 3 is 2.47 bits per heavy atom. The van der Waals surface area contributed by atoms with Gasteiger partial charge in [-0.2, -0.15) is 5.26 Å². The molecule has 0 aromatic heterocycles. The molecule has 0 spiro atoms. The van der Waals surface area contributed by atoms with Crippen molar-refractivity contribution in [2.45, 2.75) is 44.9 Å². The lowest BCUT2D eigenvalue weighted by Gasteiger charge is -2.19. The lowest BCUT2D eigenvalue weighted by molar-refractivity contribution is 0.739. The third-order valence-electron chi connectivity index (χ3n) is 3.44. The van der Waals surface area contributed by atoms with Crippen LogP contribution in [0.2, 0.25) is 0 Å². The Kier molecular flexibility index (Phi) is 2.31. The number of benzene rings is 1. The number of nitrogens with zero attached hydrogens (tertiary/aromatic N) is 1. The zero-order chi connectivity index (χ0) is 11.1. The second-order valence-corrected chi connectivity index (χ2v) is 5.10. The Morgan fingerprint density at radius 2 is 2.00 bits per heavy atom. The van der Waals surface area contributed by atoms with Gasteiger partial charge in [-0.25, -0.2) is 0 Å². The molecule has 1 fully saturated rings. The van der Waals surface area contributed by atoms with Crippen LogP contribution >= 0.6 is 0 Å². The molecule has 0 amide bonds. The van der Waals surface area contributed by atoms with Crippen molar-refractivity contribution in [2.75, 3.05) is 0 Å². The average molecular weight is 199 g/mol. The van der Waals surface area contributed by atoms with Crippen molar-refractivity contribution in [3.05, 3.63) is 34.9 Å². The second kappa shape index (κ2) is 3.38. The van der Waals surface area contributed by atoms with E-state index in [1.54, 1.807) is 0 Å². The molecule has 1 aromatic rings. The maximum Gasteiger partial charge on any atom is 0.0994 e. The summed E-state index contributed by atoms with van der Waals surface area (Å²) in [5, 5.41) is 9.17. The van der Waals surface area contributed by atoms with Crippen molar-refractivity contribution in [1.29, 1.82) is 5.26 Å². The van der Waals surface area contributed by atoms with Gasteiger partial charge in [0.05, 0.1) is 11.6 Å². The third kappa shape index (κ3) is 1.65. The van der Waals surface area contributed by atoms with Gasteiger partial charge in [-0.05, 0) is 41.4 Å². The van der Waals surface area contributed by atoms with Crippen LogP contribution in [0.5, 0.6) is 0 Å². The minimum atomic E-state index is 0.284. The Balaban J connectivity index is 2.61. The van der Waals surface area contributed by atoms with Crippen LogP contribution in [0.25, 0.3) is 0 Å². The minimum absolute atomic E-state index is 0.284. The highest BCUT2D eigenvalue weighted by molar-refractivity contribution is 5.50. The van der Waals surface area contributed by atoms with Crippen molar-refractivity contribution >= 4 is 0 Å². The van der Waals surface area contributed by atoms with Crippen LogP contribution in [-0.4, -0.2) is 0 Å². The molecular weight excluding hydrogens is 182 g/mol. The van der Waals surface area contributed by atoms with Gasteiger partial charge in [-0.3, -0.25) is 0 Å². The lowest BCUT2D eigenvalue weighted by Crippen LogP contribution is -2.09. The summed E-state index contributed by atoms with van der Waals surface area (Å²) in [5.41, 5.74) is 3.82. The number of hydrogen-bond acceptors (Lipinski definition) is 1. The van der Waals surface area contributed by atoms with Crippen LogP contribution in [-0.2, 0) is 5.41 Å². The smallest absolute Gasteiger partial charge is 0.0994 e. The van der Waals surface area contributed by atoms with E-state index in [9.17, 15) is 0 Å². The molecular formula is C14H17N. The first kappa shape index (κ1) is 10.2. The van der Waals surface area contributed by atoms with Gasteiger partial charge < -0.3 is 0 Å². The fourth-order valence-electron chi connectivity index (χ4n) is 2.26. The minimum Gasteiger partial charge on any atom is -0.192 e. The van der Waals surface area contributed by atoms with Crippen LogP contribution in [0.15, 0.2) is 18.2 Å². The van der Waals surface area contributed by atoms with E-state index in [2.05, 4.69) is 32.9 Å². The highest BCUT2D eigenvalue weighted by Crippen LogP contribution is 2.51. The zero-order valence-electron chi connectivity index (χ0n) is 9.67. The van der Waals surface area contributed by atoms with Crippen LogP contribution in [0.3, 0.4) is 0 Å². The van der Waals surface area contributed by atoms with Gasteiger partial charge >= 0.3 is 0 Å². The molecule has 1 aliphatic rings. The summed E-state index contributed by atoms with van der Waals surface area (Å²) < 4.78 is 0. The molecule has 0 bridgehead atoms. The van der Waals surface area contributed by atoms with Gasteiger partial charge in [-0.15, -0.1) is 0 Å². The molecule has 0 N–H and O–H groups in total. The van der Waals surface area contributed by atoms with Gasteiger partial charge in [0.1, 0.15) is 0 Å². The Bertz CT molecular complexity index is 419. The monoisotopic (exact) mass is 199 g/mol. The molecule has 15 heavy (non-hydrogen) atoms. The summed E-state index contributed by atoms with van der Waals surface area (Å²) in [6.45, 7) is 6.67. The van der Waals surface area contributed by atoms with E-state index in [0.717, 1.165) is 5.56 Å².